The summed E-state index contributed by atoms with van der Waals surface area (Å²) in [7, 11) is -2.06. The molecule has 160 valence electrons. The lowest BCUT2D eigenvalue weighted by atomic mass is 10.1. The first-order valence-electron chi connectivity index (χ1n) is 10.2. The molecule has 1 fully saturated rings. The molecule has 5 nitrogen and oxygen atoms in total. The van der Waals surface area contributed by atoms with Crippen molar-refractivity contribution in [3.63, 3.8) is 0 Å². The van der Waals surface area contributed by atoms with Gasteiger partial charge >= 0.3 is 0 Å². The highest BCUT2D eigenvalue weighted by atomic mass is 28.4. The van der Waals surface area contributed by atoms with Crippen LogP contribution in [0.4, 0.5) is 0 Å². The Kier molecular flexibility index (Phi) is 7.34. The van der Waals surface area contributed by atoms with Gasteiger partial charge in [0.15, 0.2) is 11.9 Å². The van der Waals surface area contributed by atoms with E-state index in [2.05, 4.69) is 45.7 Å². The highest BCUT2D eigenvalue weighted by Crippen LogP contribution is 2.38. The summed E-state index contributed by atoms with van der Waals surface area (Å²) in [5, 5.41) is 0.0377. The lowest BCUT2D eigenvalue weighted by Crippen LogP contribution is -2.44. The van der Waals surface area contributed by atoms with Gasteiger partial charge < -0.3 is 18.6 Å². The quantitative estimate of drug-likeness (QED) is 0.151. The van der Waals surface area contributed by atoms with Crippen LogP contribution in [0.2, 0.25) is 18.1 Å². The number of ketones is 1. The number of para-hydroxylation sites is 1. The van der Waals surface area contributed by atoms with E-state index in [-0.39, 0.29) is 23.2 Å². The molecule has 0 amide bonds. The van der Waals surface area contributed by atoms with Crippen molar-refractivity contribution in [2.75, 3.05) is 13.2 Å². The first-order chi connectivity index (χ1) is 13.4. The van der Waals surface area contributed by atoms with E-state index in [9.17, 15) is 4.79 Å². The molecule has 1 heterocycles. The summed E-state index contributed by atoms with van der Waals surface area (Å²) in [6.45, 7) is 17.4. The monoisotopic (exact) mass is 418 g/mol. The summed E-state index contributed by atoms with van der Waals surface area (Å²) in [5.74, 6) is 6.05. The fraction of sp³-hybridized carbons (Fsp3) is 0.609. The molecule has 0 spiro atoms. The van der Waals surface area contributed by atoms with Crippen molar-refractivity contribution in [3.05, 3.63) is 29.8 Å². The summed E-state index contributed by atoms with van der Waals surface area (Å²) >= 11 is 0. The van der Waals surface area contributed by atoms with Crippen molar-refractivity contribution >= 4 is 14.1 Å². The molecule has 1 unspecified atom stereocenters. The molecule has 3 atom stereocenters. The molecule has 1 aromatic rings. The average Bonchev–Trinajstić information content (AvgIpc) is 3.28. The molecule has 29 heavy (non-hydrogen) atoms. The molecule has 0 saturated carbocycles. The van der Waals surface area contributed by atoms with E-state index in [1.54, 1.807) is 6.07 Å². The van der Waals surface area contributed by atoms with Crippen LogP contribution in [0.3, 0.4) is 0 Å². The maximum atomic E-state index is 12.8. The first kappa shape index (κ1) is 23.6. The smallest absolute Gasteiger partial charge is 0.250 e. The molecule has 6 heteroatoms. The molecule has 1 aromatic carbocycles. The summed E-state index contributed by atoms with van der Waals surface area (Å²) in [4.78, 5) is 12.8. The van der Waals surface area contributed by atoms with Gasteiger partial charge in [0.05, 0.1) is 12.2 Å². The van der Waals surface area contributed by atoms with E-state index in [0.29, 0.717) is 24.5 Å². The molecular weight excluding hydrogens is 384 g/mol. The number of epoxide rings is 1. The normalized spacial score (nSPS) is 22.4. The number of rotatable bonds is 8. The van der Waals surface area contributed by atoms with Gasteiger partial charge in [0.2, 0.25) is 5.78 Å². The third-order valence-electron chi connectivity index (χ3n) is 5.56. The highest BCUT2D eigenvalue weighted by Gasteiger charge is 2.51. The maximum absolute atomic E-state index is 12.8. The molecular formula is C23H34O5Si. The molecule has 0 aliphatic carbocycles. The zero-order valence-corrected chi connectivity index (χ0v) is 19.9. The van der Waals surface area contributed by atoms with Crippen molar-refractivity contribution in [2.45, 2.75) is 77.7 Å². The number of benzene rings is 1. The van der Waals surface area contributed by atoms with Crippen LogP contribution in [-0.4, -0.2) is 45.3 Å². The Labute approximate surface area is 176 Å². The molecule has 0 N–H and O–H groups in total. The van der Waals surface area contributed by atoms with Crippen molar-refractivity contribution in [2.24, 2.45) is 0 Å². The largest absolute Gasteiger partial charge is 0.543 e. The van der Waals surface area contributed by atoms with Gasteiger partial charge in [-0.15, -0.1) is 0 Å². The van der Waals surface area contributed by atoms with E-state index in [0.717, 1.165) is 0 Å². The Morgan fingerprint density at radius 2 is 1.93 bits per heavy atom. The van der Waals surface area contributed by atoms with Crippen molar-refractivity contribution in [1.82, 2.24) is 0 Å². The van der Waals surface area contributed by atoms with E-state index in [4.69, 9.17) is 18.6 Å². The molecule has 1 aliphatic heterocycles. The van der Waals surface area contributed by atoms with Crippen LogP contribution in [0, 0.1) is 11.8 Å². The second kappa shape index (κ2) is 9.01. The Morgan fingerprint density at radius 1 is 1.28 bits per heavy atom. The second-order valence-corrected chi connectivity index (χ2v) is 13.7. The SMILES string of the molecule is CCOC(C)OC[C@H]1O[C@@]1(C)C#CC(=O)c1ccccc1O[Si](C)(C)C(C)(C)C. The standard InChI is InChI=1S/C23H34O5Si/c1-9-25-17(2)26-16-21-23(6,27-21)15-14-19(24)18-12-10-11-13-20(18)28-29(7,8)22(3,4)5/h10-13,17,21H,9,16H2,1-8H3/t17?,21-,23+/m1/s1. The van der Waals surface area contributed by atoms with Crippen LogP contribution in [0.15, 0.2) is 24.3 Å². The van der Waals surface area contributed by atoms with Gasteiger partial charge in [-0.2, -0.15) is 0 Å². The van der Waals surface area contributed by atoms with Crippen LogP contribution in [-0.2, 0) is 14.2 Å². The van der Waals surface area contributed by atoms with E-state index >= 15 is 0 Å². The van der Waals surface area contributed by atoms with Gasteiger partial charge in [0.1, 0.15) is 11.9 Å². The summed E-state index contributed by atoms with van der Waals surface area (Å²) < 4.78 is 22.9. The van der Waals surface area contributed by atoms with E-state index < -0.39 is 13.9 Å². The van der Waals surface area contributed by atoms with E-state index in [1.807, 2.05) is 39.0 Å². The Bertz CT molecular complexity index is 786. The number of carbonyl (C=O) groups is 1. The highest BCUT2D eigenvalue weighted by molar-refractivity contribution is 6.74. The Balaban J connectivity index is 2.07. The second-order valence-electron chi connectivity index (χ2n) is 9.01. The van der Waals surface area contributed by atoms with Gasteiger partial charge in [0, 0.05) is 6.61 Å². The number of ether oxygens (including phenoxy) is 3. The lowest BCUT2D eigenvalue weighted by Gasteiger charge is -2.36. The fourth-order valence-corrected chi connectivity index (χ4v) is 3.52. The number of Topliss-reactive ketones (excluding diaryl/α,β-unsaturated/α-hetero) is 1. The van der Waals surface area contributed by atoms with Crippen molar-refractivity contribution in [3.8, 4) is 17.6 Å². The first-order valence-corrected chi connectivity index (χ1v) is 13.1. The molecule has 1 aliphatic rings. The molecule has 1 saturated heterocycles. The molecule has 0 radical (unpaired) electrons. The molecule has 0 aromatic heterocycles. The molecule has 0 bridgehead atoms. The van der Waals surface area contributed by atoms with Crippen LogP contribution in [0.25, 0.3) is 0 Å². The van der Waals surface area contributed by atoms with Gasteiger partial charge in [-0.05, 0) is 57.0 Å². The van der Waals surface area contributed by atoms with Gasteiger partial charge in [-0.1, -0.05) is 38.8 Å². The summed E-state index contributed by atoms with van der Waals surface area (Å²) in [6, 6.07) is 7.32. The third kappa shape index (κ3) is 6.16. The minimum atomic E-state index is -2.06. The van der Waals surface area contributed by atoms with E-state index in [1.165, 1.54) is 0 Å². The van der Waals surface area contributed by atoms with Crippen molar-refractivity contribution in [1.29, 1.82) is 0 Å². The van der Waals surface area contributed by atoms with Crippen LogP contribution >= 0.6 is 0 Å². The van der Waals surface area contributed by atoms with Gasteiger partial charge in [-0.25, -0.2) is 0 Å². The van der Waals surface area contributed by atoms with Crippen LogP contribution in [0.5, 0.6) is 5.75 Å². The topological polar surface area (TPSA) is 57.3 Å². The lowest BCUT2D eigenvalue weighted by molar-refractivity contribution is -0.129. The van der Waals surface area contributed by atoms with Crippen LogP contribution < -0.4 is 4.43 Å². The zero-order chi connectivity index (χ0) is 21.9. The summed E-state index contributed by atoms with van der Waals surface area (Å²) in [6.07, 6.45) is -0.452. The predicted octanol–water partition coefficient (Wildman–Crippen LogP) is 4.81. The zero-order valence-electron chi connectivity index (χ0n) is 18.9. The fourth-order valence-electron chi connectivity index (χ4n) is 2.49. The number of carbonyl (C=O) groups excluding carboxylic acids is 1. The predicted molar refractivity (Wildman–Crippen MR) is 117 cm³/mol. The maximum Gasteiger partial charge on any atom is 0.250 e. The number of hydrogen-bond donors (Lipinski definition) is 0. The number of hydrogen-bond acceptors (Lipinski definition) is 5. The van der Waals surface area contributed by atoms with Crippen LogP contribution in [0.1, 0.15) is 51.9 Å². The summed E-state index contributed by atoms with van der Waals surface area (Å²) in [5.41, 5.74) is -0.177. The minimum absolute atomic E-state index is 0.0377. The average molecular weight is 419 g/mol. The van der Waals surface area contributed by atoms with Crippen molar-refractivity contribution < 1.29 is 23.4 Å². The third-order valence-corrected chi connectivity index (χ3v) is 9.90. The minimum Gasteiger partial charge on any atom is -0.543 e. The molecule has 2 rings (SSSR count). The van der Waals surface area contributed by atoms with Gasteiger partial charge in [-0.3, -0.25) is 4.79 Å². The Morgan fingerprint density at radius 3 is 2.55 bits per heavy atom. The Hall–Kier alpha value is -1.65. The van der Waals surface area contributed by atoms with Gasteiger partial charge in [0.25, 0.3) is 8.32 Å².